The molecule has 0 aromatic heterocycles. The van der Waals surface area contributed by atoms with Crippen molar-refractivity contribution in [2.24, 2.45) is 0 Å². The summed E-state index contributed by atoms with van der Waals surface area (Å²) in [5.74, 6) is 0.981. The van der Waals surface area contributed by atoms with Gasteiger partial charge in [0.25, 0.3) is 0 Å². The predicted octanol–water partition coefficient (Wildman–Crippen LogP) is 4.89. The van der Waals surface area contributed by atoms with Crippen LogP contribution >= 0.6 is 0 Å². The average molecular weight is 391 g/mol. The molecule has 4 rings (SSSR count). The fraction of sp³-hybridized carbons (Fsp3) is 0.400. The third-order valence-electron chi connectivity index (χ3n) is 6.32. The average Bonchev–Trinajstić information content (AvgIpc) is 2.91. The molecule has 1 unspecified atom stereocenters. The van der Waals surface area contributed by atoms with Crippen LogP contribution in [0.25, 0.3) is 6.08 Å². The summed E-state index contributed by atoms with van der Waals surface area (Å²) in [4.78, 5) is 14.9. The first-order valence-corrected chi connectivity index (χ1v) is 10.6. The zero-order valence-corrected chi connectivity index (χ0v) is 17.6. The smallest absolute Gasteiger partial charge is 0.223 e. The number of fused-ring (bicyclic) bond motifs is 3. The fourth-order valence-corrected chi connectivity index (χ4v) is 4.61. The number of anilines is 1. The van der Waals surface area contributed by atoms with Gasteiger partial charge < -0.3 is 15.0 Å². The van der Waals surface area contributed by atoms with Gasteiger partial charge in [-0.15, -0.1) is 0 Å². The Bertz CT molecular complexity index is 934. The molecule has 1 fully saturated rings. The molecule has 1 saturated heterocycles. The molecule has 0 bridgehead atoms. The molecule has 1 amide bonds. The molecule has 2 aromatic rings. The lowest BCUT2D eigenvalue weighted by Crippen LogP contribution is -2.68. The summed E-state index contributed by atoms with van der Waals surface area (Å²) in [5, 5.41) is 3.33. The molecule has 4 nitrogen and oxygen atoms in total. The number of nitrogens with one attached hydrogen (secondary N) is 1. The molecule has 0 radical (unpaired) electrons. The first-order chi connectivity index (χ1) is 14.0. The normalized spacial score (nSPS) is 22.3. The Labute approximate surface area is 173 Å². The van der Waals surface area contributed by atoms with Crippen LogP contribution < -0.4 is 15.0 Å². The number of amides is 1. The van der Waals surface area contributed by atoms with Crippen molar-refractivity contribution in [1.82, 2.24) is 5.32 Å². The number of unbranched alkanes of at least 4 members (excludes halogenated alkanes) is 1. The van der Waals surface area contributed by atoms with E-state index >= 15 is 0 Å². The lowest BCUT2D eigenvalue weighted by atomic mass is 9.74. The number of rotatable bonds is 6. The van der Waals surface area contributed by atoms with Crippen LogP contribution in [0, 0.1) is 0 Å². The number of ether oxygens (including phenoxy) is 1. The minimum Gasteiger partial charge on any atom is -0.493 e. The molecule has 2 aliphatic rings. The molecular formula is C25H30N2O2. The van der Waals surface area contributed by atoms with Gasteiger partial charge in [0, 0.05) is 29.6 Å². The maximum atomic E-state index is 12.5. The fourth-order valence-electron chi connectivity index (χ4n) is 4.61. The molecule has 0 spiro atoms. The maximum Gasteiger partial charge on any atom is 0.223 e. The minimum absolute atomic E-state index is 0.0965. The molecule has 4 heteroatoms. The summed E-state index contributed by atoms with van der Waals surface area (Å²) >= 11 is 0. The second-order valence-electron chi connectivity index (χ2n) is 8.43. The second-order valence-corrected chi connectivity index (χ2v) is 8.43. The van der Waals surface area contributed by atoms with Crippen molar-refractivity contribution in [2.45, 2.75) is 51.1 Å². The molecule has 152 valence electrons. The van der Waals surface area contributed by atoms with Crippen molar-refractivity contribution < 1.29 is 9.53 Å². The van der Waals surface area contributed by atoms with Gasteiger partial charge in [0.05, 0.1) is 6.61 Å². The van der Waals surface area contributed by atoms with E-state index in [1.807, 2.05) is 18.2 Å². The van der Waals surface area contributed by atoms with Gasteiger partial charge in [-0.3, -0.25) is 4.79 Å². The lowest BCUT2D eigenvalue weighted by Gasteiger charge is -2.49. The van der Waals surface area contributed by atoms with Gasteiger partial charge in [-0.1, -0.05) is 69.7 Å². The Morgan fingerprint density at radius 1 is 1.14 bits per heavy atom. The van der Waals surface area contributed by atoms with Crippen LogP contribution in [-0.2, 0) is 10.2 Å². The number of carbonyl (C=O) groups excluding carboxylic acids is 1. The lowest BCUT2D eigenvalue weighted by molar-refractivity contribution is -0.124. The summed E-state index contributed by atoms with van der Waals surface area (Å²) in [7, 11) is 0. The van der Waals surface area contributed by atoms with Crippen molar-refractivity contribution in [3.05, 3.63) is 65.7 Å². The van der Waals surface area contributed by atoms with Crippen molar-refractivity contribution in [3.8, 4) is 5.75 Å². The van der Waals surface area contributed by atoms with E-state index in [1.165, 1.54) is 11.3 Å². The zero-order valence-electron chi connectivity index (χ0n) is 17.6. The highest BCUT2D eigenvalue weighted by Crippen LogP contribution is 2.52. The summed E-state index contributed by atoms with van der Waals surface area (Å²) in [6.07, 6.45) is 6.92. The van der Waals surface area contributed by atoms with Gasteiger partial charge >= 0.3 is 0 Å². The number of hydrogen-bond acceptors (Lipinski definition) is 3. The molecule has 0 aliphatic carbocycles. The molecule has 1 N–H and O–H groups in total. The van der Waals surface area contributed by atoms with Crippen LogP contribution in [0.1, 0.15) is 51.2 Å². The Morgan fingerprint density at radius 3 is 2.72 bits per heavy atom. The van der Waals surface area contributed by atoms with Gasteiger partial charge in [0.15, 0.2) is 0 Å². The van der Waals surface area contributed by atoms with Crippen molar-refractivity contribution in [3.63, 3.8) is 0 Å². The summed E-state index contributed by atoms with van der Waals surface area (Å²) in [6, 6.07) is 16.6. The molecule has 2 aliphatic heterocycles. The highest BCUT2D eigenvalue weighted by atomic mass is 16.5. The van der Waals surface area contributed by atoms with E-state index < -0.39 is 5.66 Å². The third-order valence-corrected chi connectivity index (χ3v) is 6.32. The topological polar surface area (TPSA) is 41.6 Å². The molecule has 2 heterocycles. The zero-order chi connectivity index (χ0) is 20.5. The first-order valence-electron chi connectivity index (χ1n) is 10.6. The second kappa shape index (κ2) is 7.58. The van der Waals surface area contributed by atoms with E-state index in [2.05, 4.69) is 73.5 Å². The largest absolute Gasteiger partial charge is 0.493 e. The maximum absolute atomic E-state index is 12.5. The predicted molar refractivity (Wildman–Crippen MR) is 118 cm³/mol. The van der Waals surface area contributed by atoms with Gasteiger partial charge in [-0.25, -0.2) is 0 Å². The van der Waals surface area contributed by atoms with Crippen molar-refractivity contribution in [2.75, 3.05) is 18.1 Å². The molecular weight excluding hydrogens is 360 g/mol. The number of benzene rings is 2. The summed E-state index contributed by atoms with van der Waals surface area (Å²) in [6.45, 7) is 8.02. The van der Waals surface area contributed by atoms with Crippen LogP contribution in [-0.4, -0.2) is 24.7 Å². The Balaban J connectivity index is 1.74. The highest BCUT2D eigenvalue weighted by molar-refractivity contribution is 5.84. The van der Waals surface area contributed by atoms with E-state index in [1.54, 1.807) is 0 Å². The van der Waals surface area contributed by atoms with Crippen molar-refractivity contribution >= 4 is 17.7 Å². The number of carbonyl (C=O) groups is 1. The van der Waals surface area contributed by atoms with Gasteiger partial charge in [-0.05, 0) is 30.2 Å². The molecule has 2 aromatic carbocycles. The van der Waals surface area contributed by atoms with Gasteiger partial charge in [0.1, 0.15) is 11.4 Å². The quantitative estimate of drug-likeness (QED) is 0.714. The van der Waals surface area contributed by atoms with Crippen molar-refractivity contribution in [1.29, 1.82) is 0 Å². The SMILES string of the molecule is CCCCOc1ccccc1C=CC12NC(=O)CCN1c1ccccc1C2(C)C. The van der Waals surface area contributed by atoms with Gasteiger partial charge in [-0.2, -0.15) is 0 Å². The van der Waals surface area contributed by atoms with Crippen LogP contribution in [0.15, 0.2) is 54.6 Å². The molecule has 0 saturated carbocycles. The Kier molecular flexibility index (Phi) is 5.12. The van der Waals surface area contributed by atoms with E-state index in [4.69, 9.17) is 4.74 Å². The van der Waals surface area contributed by atoms with Crippen LogP contribution in [0.5, 0.6) is 5.75 Å². The van der Waals surface area contributed by atoms with E-state index in [-0.39, 0.29) is 11.3 Å². The Hall–Kier alpha value is -2.75. The summed E-state index contributed by atoms with van der Waals surface area (Å²) in [5.41, 5.74) is 2.63. The molecule has 29 heavy (non-hydrogen) atoms. The summed E-state index contributed by atoms with van der Waals surface area (Å²) < 4.78 is 6.01. The molecule has 1 atom stereocenters. The number of nitrogens with zero attached hydrogens (tertiary/aromatic N) is 1. The standard InChI is InChI=1S/C25H30N2O2/c1-4-5-18-29-22-13-9-6-10-19(22)14-16-25-24(2,3)20-11-7-8-12-21(20)27(25)17-15-23(28)26-25/h6-14,16H,4-5,15,17-18H2,1-3H3,(H,26,28). The third kappa shape index (κ3) is 3.21. The van der Waals surface area contributed by atoms with Crippen LogP contribution in [0.3, 0.4) is 0 Å². The van der Waals surface area contributed by atoms with Gasteiger partial charge in [0.2, 0.25) is 5.91 Å². The number of hydrogen-bond donors (Lipinski definition) is 1. The van der Waals surface area contributed by atoms with E-state index in [9.17, 15) is 4.79 Å². The monoisotopic (exact) mass is 390 g/mol. The minimum atomic E-state index is -0.595. The van der Waals surface area contributed by atoms with Crippen LogP contribution in [0.4, 0.5) is 5.69 Å². The van der Waals surface area contributed by atoms with E-state index in [0.717, 1.165) is 24.2 Å². The number of para-hydroxylation sites is 2. The first kappa shape index (κ1) is 19.6. The highest BCUT2D eigenvalue weighted by Gasteiger charge is 2.57. The van der Waals surface area contributed by atoms with Crippen LogP contribution in [0.2, 0.25) is 0 Å². The van der Waals surface area contributed by atoms with E-state index in [0.29, 0.717) is 19.6 Å². The Morgan fingerprint density at radius 2 is 1.90 bits per heavy atom.